The molecule has 0 bridgehead atoms. The van der Waals surface area contributed by atoms with Crippen molar-refractivity contribution in [2.45, 2.75) is 26.4 Å². The summed E-state index contributed by atoms with van der Waals surface area (Å²) in [4.78, 5) is 0. The van der Waals surface area contributed by atoms with E-state index in [2.05, 4.69) is 22.6 Å². The molecular formula is C10H20N4O2. The second kappa shape index (κ2) is 8.20. The highest BCUT2D eigenvalue weighted by Crippen LogP contribution is 1.93. The third-order valence-electron chi connectivity index (χ3n) is 2.02. The average molecular weight is 228 g/mol. The van der Waals surface area contributed by atoms with Crippen molar-refractivity contribution < 1.29 is 9.84 Å². The van der Waals surface area contributed by atoms with Gasteiger partial charge >= 0.3 is 0 Å². The Hall–Kier alpha value is -0.980. The van der Waals surface area contributed by atoms with Crippen molar-refractivity contribution in [1.29, 1.82) is 0 Å². The zero-order valence-electron chi connectivity index (χ0n) is 9.72. The van der Waals surface area contributed by atoms with Gasteiger partial charge in [-0.05, 0) is 13.0 Å². The Balaban J connectivity index is 2.17. The fraction of sp³-hybridized carbons (Fsp3) is 0.800. The summed E-state index contributed by atoms with van der Waals surface area (Å²) < 4.78 is 6.89. The number of ether oxygens (including phenoxy) is 1. The number of aliphatic hydroxyl groups is 1. The van der Waals surface area contributed by atoms with Gasteiger partial charge in [-0.2, -0.15) is 0 Å². The summed E-state index contributed by atoms with van der Waals surface area (Å²) in [5.41, 5.74) is 0.940. The summed E-state index contributed by atoms with van der Waals surface area (Å²) >= 11 is 0. The van der Waals surface area contributed by atoms with Crippen molar-refractivity contribution in [3.05, 3.63) is 11.9 Å². The number of rotatable bonds is 9. The van der Waals surface area contributed by atoms with Gasteiger partial charge in [0.25, 0.3) is 0 Å². The summed E-state index contributed by atoms with van der Waals surface area (Å²) in [6, 6.07) is 0. The van der Waals surface area contributed by atoms with E-state index in [0.29, 0.717) is 19.8 Å². The molecule has 0 spiro atoms. The van der Waals surface area contributed by atoms with Gasteiger partial charge in [0.15, 0.2) is 0 Å². The number of nitrogens with one attached hydrogen (secondary N) is 1. The van der Waals surface area contributed by atoms with Crippen LogP contribution in [0.25, 0.3) is 0 Å². The molecule has 1 aromatic rings. The van der Waals surface area contributed by atoms with E-state index in [0.717, 1.165) is 25.2 Å². The van der Waals surface area contributed by atoms with E-state index >= 15 is 0 Å². The van der Waals surface area contributed by atoms with Crippen LogP contribution in [0.5, 0.6) is 0 Å². The molecule has 1 aromatic heterocycles. The van der Waals surface area contributed by atoms with Crippen LogP contribution in [0, 0.1) is 0 Å². The lowest BCUT2D eigenvalue weighted by atomic mass is 10.4. The van der Waals surface area contributed by atoms with E-state index in [1.54, 1.807) is 4.68 Å². The van der Waals surface area contributed by atoms with Gasteiger partial charge in [0.2, 0.25) is 0 Å². The second-order valence-electron chi connectivity index (χ2n) is 3.49. The van der Waals surface area contributed by atoms with Crippen molar-refractivity contribution in [2.75, 3.05) is 26.4 Å². The Kier molecular flexibility index (Phi) is 6.71. The maximum Gasteiger partial charge on any atom is 0.0964 e. The lowest BCUT2D eigenvalue weighted by molar-refractivity contribution is 0.0851. The first kappa shape index (κ1) is 13.1. The predicted molar refractivity (Wildman–Crippen MR) is 59.9 cm³/mol. The first-order chi connectivity index (χ1) is 7.86. The molecule has 0 radical (unpaired) electrons. The predicted octanol–water partition coefficient (Wildman–Crippen LogP) is -0.213. The Morgan fingerprint density at radius 3 is 3.12 bits per heavy atom. The molecule has 0 aliphatic rings. The smallest absolute Gasteiger partial charge is 0.0964 e. The molecule has 2 N–H and O–H groups in total. The largest absolute Gasteiger partial charge is 0.394 e. The quantitative estimate of drug-likeness (QED) is 0.572. The summed E-state index contributed by atoms with van der Waals surface area (Å²) in [5, 5.41) is 19.8. The summed E-state index contributed by atoms with van der Waals surface area (Å²) in [6.07, 6.45) is 3.02. The lowest BCUT2D eigenvalue weighted by Gasteiger charge is -2.01. The first-order valence-electron chi connectivity index (χ1n) is 5.65. The molecular weight excluding hydrogens is 208 g/mol. The van der Waals surface area contributed by atoms with Crippen LogP contribution in [0.4, 0.5) is 0 Å². The fourth-order valence-corrected chi connectivity index (χ4v) is 1.25. The zero-order chi connectivity index (χ0) is 11.6. The summed E-state index contributed by atoms with van der Waals surface area (Å²) in [7, 11) is 0. The number of hydrogen-bond acceptors (Lipinski definition) is 5. The van der Waals surface area contributed by atoms with Gasteiger partial charge in [0.05, 0.1) is 32.1 Å². The van der Waals surface area contributed by atoms with Gasteiger partial charge in [-0.1, -0.05) is 12.1 Å². The Bertz CT molecular complexity index is 278. The summed E-state index contributed by atoms with van der Waals surface area (Å²) in [5.74, 6) is 0. The van der Waals surface area contributed by atoms with Gasteiger partial charge in [-0.3, -0.25) is 0 Å². The molecule has 0 aromatic carbocycles. The third kappa shape index (κ3) is 5.20. The fourth-order valence-electron chi connectivity index (χ4n) is 1.25. The minimum Gasteiger partial charge on any atom is -0.394 e. The van der Waals surface area contributed by atoms with Gasteiger partial charge < -0.3 is 15.2 Å². The molecule has 0 amide bonds. The minimum absolute atomic E-state index is 0.0591. The maximum absolute atomic E-state index is 8.52. The lowest BCUT2D eigenvalue weighted by Crippen LogP contribution is -2.14. The highest BCUT2D eigenvalue weighted by atomic mass is 16.5. The molecule has 0 atom stereocenters. The van der Waals surface area contributed by atoms with Gasteiger partial charge in [0.1, 0.15) is 0 Å². The molecule has 0 aliphatic carbocycles. The molecule has 0 unspecified atom stereocenters. The van der Waals surface area contributed by atoms with E-state index in [9.17, 15) is 0 Å². The number of hydrogen-bond donors (Lipinski definition) is 2. The maximum atomic E-state index is 8.52. The van der Waals surface area contributed by atoms with Crippen LogP contribution in [-0.4, -0.2) is 46.5 Å². The third-order valence-corrected chi connectivity index (χ3v) is 2.02. The summed E-state index contributed by atoms with van der Waals surface area (Å²) in [6.45, 7) is 5.52. The molecule has 1 heterocycles. The van der Waals surface area contributed by atoms with Crippen molar-refractivity contribution in [1.82, 2.24) is 20.3 Å². The minimum atomic E-state index is 0.0591. The number of nitrogens with zero attached hydrogens (tertiary/aromatic N) is 3. The number of aromatic nitrogens is 3. The molecule has 92 valence electrons. The van der Waals surface area contributed by atoms with Gasteiger partial charge in [-0.15, -0.1) is 5.10 Å². The highest BCUT2D eigenvalue weighted by Gasteiger charge is 1.99. The molecule has 0 saturated heterocycles. The Labute approximate surface area is 95.6 Å². The molecule has 6 nitrogen and oxygen atoms in total. The highest BCUT2D eigenvalue weighted by molar-refractivity contribution is 4.91. The van der Waals surface area contributed by atoms with Crippen LogP contribution in [0.15, 0.2) is 6.20 Å². The van der Waals surface area contributed by atoms with E-state index < -0.39 is 0 Å². The Morgan fingerprint density at radius 1 is 1.50 bits per heavy atom. The SMILES string of the molecule is CCCNCc1cn(CCOCCO)nn1. The normalized spacial score (nSPS) is 10.9. The monoisotopic (exact) mass is 228 g/mol. The zero-order valence-corrected chi connectivity index (χ0v) is 9.72. The van der Waals surface area contributed by atoms with Gasteiger partial charge in [0, 0.05) is 12.7 Å². The van der Waals surface area contributed by atoms with Crippen LogP contribution in [0.3, 0.4) is 0 Å². The average Bonchev–Trinajstić information content (AvgIpc) is 2.73. The first-order valence-corrected chi connectivity index (χ1v) is 5.65. The van der Waals surface area contributed by atoms with Crippen LogP contribution in [0.2, 0.25) is 0 Å². The second-order valence-corrected chi connectivity index (χ2v) is 3.49. The Morgan fingerprint density at radius 2 is 2.38 bits per heavy atom. The molecule has 0 fully saturated rings. The van der Waals surface area contributed by atoms with Crippen molar-refractivity contribution >= 4 is 0 Å². The van der Waals surface area contributed by atoms with E-state index in [-0.39, 0.29) is 6.61 Å². The topological polar surface area (TPSA) is 72.2 Å². The van der Waals surface area contributed by atoms with Crippen LogP contribution in [-0.2, 0) is 17.8 Å². The van der Waals surface area contributed by atoms with Crippen molar-refractivity contribution in [3.8, 4) is 0 Å². The molecule has 6 heteroatoms. The van der Waals surface area contributed by atoms with E-state index in [4.69, 9.17) is 9.84 Å². The number of aliphatic hydroxyl groups excluding tert-OH is 1. The molecule has 0 aliphatic heterocycles. The van der Waals surface area contributed by atoms with Crippen molar-refractivity contribution in [3.63, 3.8) is 0 Å². The van der Waals surface area contributed by atoms with Gasteiger partial charge in [-0.25, -0.2) is 4.68 Å². The van der Waals surface area contributed by atoms with E-state index in [1.165, 1.54) is 0 Å². The molecule has 0 saturated carbocycles. The van der Waals surface area contributed by atoms with Crippen LogP contribution < -0.4 is 5.32 Å². The molecule has 1 rings (SSSR count). The van der Waals surface area contributed by atoms with Crippen LogP contribution in [0.1, 0.15) is 19.0 Å². The standard InChI is InChI=1S/C10H20N4O2/c1-2-3-11-8-10-9-14(13-12-10)4-6-16-7-5-15/h9,11,15H,2-8H2,1H3. The van der Waals surface area contributed by atoms with Crippen molar-refractivity contribution in [2.24, 2.45) is 0 Å². The van der Waals surface area contributed by atoms with Crippen LogP contribution >= 0.6 is 0 Å². The molecule has 16 heavy (non-hydrogen) atoms. The van der Waals surface area contributed by atoms with E-state index in [1.807, 2.05) is 6.20 Å².